The van der Waals surface area contributed by atoms with E-state index in [2.05, 4.69) is 0 Å². The highest BCUT2D eigenvalue weighted by Gasteiger charge is 2.56. The first-order valence-corrected chi connectivity index (χ1v) is 25.9. The Morgan fingerprint density at radius 2 is 0.671 bits per heavy atom. The molecule has 6 fully saturated rings. The van der Waals surface area contributed by atoms with Gasteiger partial charge in [0.2, 0.25) is 12.6 Å². The van der Waals surface area contributed by atoms with Crippen LogP contribution in [0.25, 0.3) is 0 Å². The Balaban J connectivity index is 1.05. The maximum Gasteiger partial charge on any atom is 0.209 e. The van der Waals surface area contributed by atoms with E-state index < -0.39 is 205 Å². The van der Waals surface area contributed by atoms with Crippen LogP contribution in [-0.2, 0) is 75.8 Å². The molecule has 0 amide bonds. The summed E-state index contributed by atoms with van der Waals surface area (Å²) in [5.74, 6) is 0. The highest BCUT2D eigenvalue weighted by molar-refractivity contribution is 4.98. The summed E-state index contributed by atoms with van der Waals surface area (Å²) in [4.78, 5) is 0. The van der Waals surface area contributed by atoms with Gasteiger partial charge < -0.3 is 162 Å². The molecule has 0 radical (unpaired) electrons. The lowest BCUT2D eigenvalue weighted by atomic mass is 9.96. The second kappa shape index (κ2) is 30.7. The van der Waals surface area contributed by atoms with Gasteiger partial charge in [-0.25, -0.2) is 0 Å². The minimum Gasteiger partial charge on any atom is -0.394 e. The van der Waals surface area contributed by atoms with Gasteiger partial charge in [0.1, 0.15) is 128 Å². The Morgan fingerprint density at radius 1 is 0.329 bits per heavy atom. The van der Waals surface area contributed by atoms with E-state index in [0.717, 1.165) is 0 Å². The van der Waals surface area contributed by atoms with Gasteiger partial charge in [0.15, 0.2) is 37.7 Å². The molecule has 79 heavy (non-hydrogen) atoms. The zero-order chi connectivity index (χ0) is 58.0. The van der Waals surface area contributed by atoms with Gasteiger partial charge in [-0.05, 0) is 0 Å². The fraction of sp³-hybridized carbons (Fsp3) is 1.00. The molecule has 0 spiro atoms. The van der Waals surface area contributed by atoms with Crippen molar-refractivity contribution >= 4 is 0 Å². The minimum absolute atomic E-state index is 0.0760. The summed E-state index contributed by atoms with van der Waals surface area (Å²) in [6.45, 7) is -2.31. The molecule has 33 nitrogen and oxygen atoms in total. The molecular formula is C46H84NO32+. The standard InChI is InChI=1S/C46H84NO32/c1-47(2,8-6-10-67-16-22-37(76-42-30(58)25(53)34(64-3)18(12-48)70-42)27(55)32(60)44(73-22)75-36-20(14-50)69-39(62)29(57)24(36)52)9-7-11-68-17-23-38(77-43-31(59)26(54)35(65-4)19(13-49)71-43)28(56)33(61)45(74-23)79-41-21(15-51)72-46(66-5)40(63)78-41/h18-46,48-63H,6-17H2,1-5H3/q+1. The molecule has 0 saturated carbocycles. The first-order valence-electron chi connectivity index (χ1n) is 25.9. The normalized spacial score (nSPS) is 46.4. The number of nitrogens with zero attached hydrogens (tertiary/aromatic N) is 1. The smallest absolute Gasteiger partial charge is 0.209 e. The molecule has 0 aromatic heterocycles. The number of methoxy groups -OCH3 is 3. The van der Waals surface area contributed by atoms with Crippen LogP contribution in [0.3, 0.4) is 0 Å². The third kappa shape index (κ3) is 16.2. The summed E-state index contributed by atoms with van der Waals surface area (Å²) < 4.78 is 90.6. The maximum atomic E-state index is 11.5. The molecule has 6 aliphatic heterocycles. The molecule has 0 bridgehead atoms. The second-order valence-corrected chi connectivity index (χ2v) is 20.6. The van der Waals surface area contributed by atoms with E-state index >= 15 is 0 Å². The summed E-state index contributed by atoms with van der Waals surface area (Å²) in [7, 11) is 7.55. The van der Waals surface area contributed by atoms with E-state index in [1.54, 1.807) is 0 Å². The van der Waals surface area contributed by atoms with Gasteiger partial charge in [-0.2, -0.15) is 0 Å². The first kappa shape index (κ1) is 66.8. The van der Waals surface area contributed by atoms with E-state index in [1.165, 1.54) is 21.3 Å². The predicted molar refractivity (Wildman–Crippen MR) is 250 cm³/mol. The second-order valence-electron chi connectivity index (χ2n) is 20.6. The fourth-order valence-electron chi connectivity index (χ4n) is 10.1. The van der Waals surface area contributed by atoms with Crippen molar-refractivity contribution in [2.24, 2.45) is 0 Å². The van der Waals surface area contributed by atoms with Crippen molar-refractivity contribution in [1.82, 2.24) is 0 Å². The number of rotatable bonds is 27. The number of aliphatic hydroxyl groups excluding tert-OH is 16. The summed E-state index contributed by atoms with van der Waals surface area (Å²) in [5.41, 5.74) is 0. The molecule has 33 heteroatoms. The molecule has 0 aliphatic carbocycles. The van der Waals surface area contributed by atoms with Crippen LogP contribution < -0.4 is 0 Å². The van der Waals surface area contributed by atoms with E-state index in [9.17, 15) is 81.7 Å². The topological polar surface area (TPSA) is 471 Å². The van der Waals surface area contributed by atoms with Crippen LogP contribution >= 0.6 is 0 Å². The van der Waals surface area contributed by atoms with Crippen LogP contribution in [-0.4, -0.2) is 366 Å². The van der Waals surface area contributed by atoms with Crippen LogP contribution in [0.4, 0.5) is 0 Å². The third-order valence-electron chi connectivity index (χ3n) is 14.6. The molecule has 0 aromatic rings. The lowest BCUT2D eigenvalue weighted by Gasteiger charge is -2.48. The van der Waals surface area contributed by atoms with Gasteiger partial charge >= 0.3 is 0 Å². The lowest BCUT2D eigenvalue weighted by molar-refractivity contribution is -0.890. The Labute approximate surface area is 454 Å². The number of hydrogen-bond donors (Lipinski definition) is 16. The van der Waals surface area contributed by atoms with Crippen LogP contribution in [0.1, 0.15) is 12.8 Å². The van der Waals surface area contributed by atoms with Crippen LogP contribution in [0.5, 0.6) is 0 Å². The maximum absolute atomic E-state index is 11.5. The molecule has 464 valence electrons. The molecule has 29 unspecified atom stereocenters. The number of aliphatic hydroxyl groups is 16. The average molecular weight is 1160 g/mol. The number of ether oxygens (including phenoxy) is 16. The van der Waals surface area contributed by atoms with Gasteiger partial charge in [-0.3, -0.25) is 0 Å². The Hall–Kier alpha value is -1.32. The van der Waals surface area contributed by atoms with Crippen molar-refractivity contribution in [3.05, 3.63) is 0 Å². The number of hydrogen-bond acceptors (Lipinski definition) is 32. The molecule has 6 heterocycles. The van der Waals surface area contributed by atoms with Gasteiger partial charge in [0, 0.05) is 34.2 Å². The van der Waals surface area contributed by atoms with Crippen LogP contribution in [0.15, 0.2) is 0 Å². The summed E-state index contributed by atoms with van der Waals surface area (Å²) in [6.07, 6.45) is -45.4. The quantitative estimate of drug-likeness (QED) is 0.0268. The van der Waals surface area contributed by atoms with Gasteiger partial charge in [-0.15, -0.1) is 0 Å². The first-order chi connectivity index (χ1) is 37.6. The zero-order valence-corrected chi connectivity index (χ0v) is 44.4. The van der Waals surface area contributed by atoms with Crippen LogP contribution in [0.2, 0.25) is 0 Å². The van der Waals surface area contributed by atoms with Crippen molar-refractivity contribution < 1.29 is 162 Å². The van der Waals surface area contributed by atoms with E-state index in [4.69, 9.17) is 75.8 Å². The molecule has 29 atom stereocenters. The summed E-state index contributed by atoms with van der Waals surface area (Å²) in [6, 6.07) is 0. The summed E-state index contributed by atoms with van der Waals surface area (Å²) >= 11 is 0. The summed E-state index contributed by atoms with van der Waals surface area (Å²) in [5, 5.41) is 170. The third-order valence-corrected chi connectivity index (χ3v) is 14.6. The van der Waals surface area contributed by atoms with Crippen molar-refractivity contribution in [2.45, 2.75) is 191 Å². The Morgan fingerprint density at radius 3 is 1.06 bits per heavy atom. The highest BCUT2D eigenvalue weighted by atomic mass is 16.8. The van der Waals surface area contributed by atoms with Gasteiger partial charge in [0.25, 0.3) is 0 Å². The van der Waals surface area contributed by atoms with Crippen LogP contribution in [0, 0.1) is 0 Å². The molecule has 16 N–H and O–H groups in total. The van der Waals surface area contributed by atoms with Crippen molar-refractivity contribution in [3.63, 3.8) is 0 Å². The lowest BCUT2D eigenvalue weighted by Crippen LogP contribution is -2.66. The Kier molecular flexibility index (Phi) is 25.9. The predicted octanol–water partition coefficient (Wildman–Crippen LogP) is -10.7. The molecule has 6 rings (SSSR count). The molecule has 6 aliphatic rings. The van der Waals surface area contributed by atoms with E-state index in [0.29, 0.717) is 30.4 Å². The number of quaternary nitrogens is 1. The molecular weight excluding hydrogens is 1080 g/mol. The van der Waals surface area contributed by atoms with E-state index in [1.807, 2.05) is 14.1 Å². The zero-order valence-electron chi connectivity index (χ0n) is 44.4. The highest BCUT2D eigenvalue weighted by Crippen LogP contribution is 2.35. The SMILES string of the molecule is COC1OC(CO)C(OC2OC(COCCC[N+](C)(C)CCCOCC3OC(OC4C(CO)OC(O)C(O)C4O)C(O)C(O)C3OC3OC(CO)C(OC)C(O)C3O)C(OC3OC(CO)C(OC)C(O)C3O)C(O)C2O)OC1O. The molecule has 0 aromatic carbocycles. The monoisotopic (exact) mass is 1160 g/mol. The minimum atomic E-state index is -1.97. The van der Waals surface area contributed by atoms with Gasteiger partial charge in [-0.1, -0.05) is 0 Å². The fourth-order valence-corrected chi connectivity index (χ4v) is 10.1. The van der Waals surface area contributed by atoms with E-state index in [-0.39, 0.29) is 26.4 Å². The van der Waals surface area contributed by atoms with Gasteiger partial charge in [0.05, 0.1) is 80.0 Å². The average Bonchev–Trinajstić information content (AvgIpc) is 3.45. The van der Waals surface area contributed by atoms with Crippen molar-refractivity contribution in [2.75, 3.05) is 101 Å². The largest absolute Gasteiger partial charge is 0.394 e. The van der Waals surface area contributed by atoms with Crippen molar-refractivity contribution in [3.8, 4) is 0 Å². The Bertz CT molecular complexity index is 1750. The molecule has 6 saturated heterocycles. The van der Waals surface area contributed by atoms with Crippen molar-refractivity contribution in [1.29, 1.82) is 0 Å².